The number of carbonyl (C=O) groups is 2. The van der Waals surface area contributed by atoms with Crippen molar-refractivity contribution in [1.82, 2.24) is 4.98 Å². The molecule has 0 aliphatic rings. The van der Waals surface area contributed by atoms with Crippen molar-refractivity contribution < 1.29 is 33.6 Å². The molecule has 0 saturated carbocycles. The molecule has 1 aromatic rings. The summed E-state index contributed by atoms with van der Waals surface area (Å²) in [4.78, 5) is 26.2. The first-order valence-corrected chi connectivity index (χ1v) is 6.22. The van der Waals surface area contributed by atoms with Gasteiger partial charge in [-0.3, -0.25) is 0 Å². The van der Waals surface area contributed by atoms with Gasteiger partial charge in [0.15, 0.2) is 0 Å². The largest absolute Gasteiger partial charge is 0.514 e. The van der Waals surface area contributed by atoms with E-state index in [1.54, 1.807) is 0 Å². The van der Waals surface area contributed by atoms with E-state index >= 15 is 0 Å². The van der Waals surface area contributed by atoms with E-state index in [-0.39, 0.29) is 18.2 Å². The molecular weight excluding hydrogens is 282 g/mol. The molecule has 1 N–H and O–H groups in total. The number of aliphatic hydroxyl groups is 1. The second kappa shape index (κ2) is 8.75. The smallest absolute Gasteiger partial charge is 0.437 e. The molecule has 0 radical (unpaired) electrons. The zero-order valence-corrected chi connectivity index (χ0v) is 11.8. The van der Waals surface area contributed by atoms with E-state index in [2.05, 4.69) is 14.5 Å². The fourth-order valence-corrected chi connectivity index (χ4v) is 1.47. The van der Waals surface area contributed by atoms with Crippen molar-refractivity contribution in [2.45, 2.75) is 19.3 Å². The maximum Gasteiger partial charge on any atom is 0.514 e. The first-order chi connectivity index (χ1) is 10.1. The van der Waals surface area contributed by atoms with Crippen molar-refractivity contribution in [3.8, 4) is 11.6 Å². The maximum atomic E-state index is 11.2. The zero-order valence-electron chi connectivity index (χ0n) is 11.8. The predicted octanol–water partition coefficient (Wildman–Crippen LogP) is 1.69. The van der Waals surface area contributed by atoms with E-state index in [1.165, 1.54) is 19.4 Å². The summed E-state index contributed by atoms with van der Waals surface area (Å²) in [5.74, 6) is 0.111. The Kier molecular flexibility index (Phi) is 6.96. The molecule has 116 valence electrons. The third-order valence-corrected chi connectivity index (χ3v) is 2.49. The Balaban J connectivity index is 2.90. The lowest BCUT2D eigenvalue weighted by atomic mass is 10.1. The minimum absolute atomic E-state index is 0.0633. The van der Waals surface area contributed by atoms with E-state index in [0.29, 0.717) is 24.8 Å². The van der Waals surface area contributed by atoms with Gasteiger partial charge in [-0.05, 0) is 19.3 Å². The fourth-order valence-electron chi connectivity index (χ4n) is 1.47. The van der Waals surface area contributed by atoms with Gasteiger partial charge in [0.25, 0.3) is 0 Å². The van der Waals surface area contributed by atoms with Crippen LogP contribution in [0.15, 0.2) is 12.3 Å². The second-order valence-corrected chi connectivity index (χ2v) is 3.92. The lowest BCUT2D eigenvalue weighted by Gasteiger charge is -2.10. The van der Waals surface area contributed by atoms with E-state index in [9.17, 15) is 9.59 Å². The highest BCUT2D eigenvalue weighted by molar-refractivity contribution is 5.65. The zero-order chi connectivity index (χ0) is 15.7. The quantitative estimate of drug-likeness (QED) is 0.625. The van der Waals surface area contributed by atoms with Crippen LogP contribution in [0.25, 0.3) is 0 Å². The number of unbranched alkanes of at least 4 members (excludes halogenated alkanes) is 1. The minimum Gasteiger partial charge on any atom is -0.437 e. The lowest BCUT2D eigenvalue weighted by Crippen LogP contribution is -2.12. The number of hydrogen-bond acceptors (Lipinski definition) is 8. The average molecular weight is 299 g/mol. The Morgan fingerprint density at radius 3 is 2.43 bits per heavy atom. The molecule has 0 amide bonds. The normalized spacial score (nSPS) is 9.86. The Morgan fingerprint density at radius 2 is 1.81 bits per heavy atom. The first-order valence-electron chi connectivity index (χ1n) is 6.22. The van der Waals surface area contributed by atoms with Crippen LogP contribution in [0, 0.1) is 0 Å². The molecule has 0 unspecified atom stereocenters. The maximum absolute atomic E-state index is 11.2. The van der Waals surface area contributed by atoms with Crippen LogP contribution in [0.4, 0.5) is 9.59 Å². The van der Waals surface area contributed by atoms with Crippen molar-refractivity contribution in [3.05, 3.63) is 17.8 Å². The van der Waals surface area contributed by atoms with Crippen LogP contribution in [-0.2, 0) is 15.9 Å². The highest BCUT2D eigenvalue weighted by atomic mass is 16.7. The summed E-state index contributed by atoms with van der Waals surface area (Å²) in [7, 11) is 2.35. The molecule has 1 heterocycles. The third-order valence-electron chi connectivity index (χ3n) is 2.49. The molecule has 0 saturated heterocycles. The number of nitrogens with zero attached hydrogens (tertiary/aromatic N) is 1. The van der Waals surface area contributed by atoms with Gasteiger partial charge in [0.1, 0.15) is 5.75 Å². The van der Waals surface area contributed by atoms with Gasteiger partial charge in [0.2, 0.25) is 5.88 Å². The van der Waals surface area contributed by atoms with Crippen LogP contribution < -0.4 is 9.47 Å². The molecule has 0 atom stereocenters. The van der Waals surface area contributed by atoms with Gasteiger partial charge in [-0.2, -0.15) is 0 Å². The van der Waals surface area contributed by atoms with Gasteiger partial charge < -0.3 is 24.1 Å². The number of hydrogen-bond donors (Lipinski definition) is 1. The van der Waals surface area contributed by atoms with Crippen LogP contribution in [0.2, 0.25) is 0 Å². The third kappa shape index (κ3) is 5.65. The Bertz CT molecular complexity index is 489. The number of aromatic nitrogens is 1. The SMILES string of the molecule is COC(=O)Oc1cc(OC(=O)OC)c(CCCCO)cn1. The lowest BCUT2D eigenvalue weighted by molar-refractivity contribution is 0.118. The van der Waals surface area contributed by atoms with Crippen LogP contribution >= 0.6 is 0 Å². The van der Waals surface area contributed by atoms with E-state index < -0.39 is 12.3 Å². The van der Waals surface area contributed by atoms with Crippen molar-refractivity contribution in [3.63, 3.8) is 0 Å². The average Bonchev–Trinajstić information content (AvgIpc) is 2.49. The Labute approximate surface area is 121 Å². The van der Waals surface area contributed by atoms with Gasteiger partial charge in [0.05, 0.1) is 14.2 Å². The van der Waals surface area contributed by atoms with Crippen LogP contribution in [0.1, 0.15) is 18.4 Å². The standard InChI is InChI=1S/C13H17NO7/c1-18-12(16)20-10-7-11(21-13(17)19-2)14-8-9(10)5-3-4-6-15/h7-8,15H,3-6H2,1-2H3. The predicted molar refractivity (Wildman–Crippen MR) is 70.3 cm³/mol. The molecule has 1 rings (SSSR count). The van der Waals surface area contributed by atoms with Gasteiger partial charge in [0, 0.05) is 24.4 Å². The molecule has 8 heteroatoms. The van der Waals surface area contributed by atoms with Gasteiger partial charge >= 0.3 is 12.3 Å². The molecule has 21 heavy (non-hydrogen) atoms. The summed E-state index contributed by atoms with van der Waals surface area (Å²) < 4.78 is 18.5. The number of carbonyl (C=O) groups excluding carboxylic acids is 2. The van der Waals surface area contributed by atoms with E-state index in [1.807, 2.05) is 0 Å². The van der Waals surface area contributed by atoms with Crippen molar-refractivity contribution in [1.29, 1.82) is 0 Å². The van der Waals surface area contributed by atoms with Gasteiger partial charge in [-0.15, -0.1) is 0 Å². The molecule has 0 spiro atoms. The number of pyridine rings is 1. The first kappa shape index (κ1) is 16.7. The van der Waals surface area contributed by atoms with Crippen molar-refractivity contribution >= 4 is 12.3 Å². The highest BCUT2D eigenvalue weighted by Gasteiger charge is 2.14. The molecule has 0 fully saturated rings. The molecule has 0 aliphatic heterocycles. The van der Waals surface area contributed by atoms with Crippen molar-refractivity contribution in [2.75, 3.05) is 20.8 Å². The van der Waals surface area contributed by atoms with E-state index in [4.69, 9.17) is 14.6 Å². The van der Waals surface area contributed by atoms with Gasteiger partial charge in [-0.25, -0.2) is 14.6 Å². The van der Waals surface area contributed by atoms with Gasteiger partial charge in [-0.1, -0.05) is 0 Å². The molecule has 0 bridgehead atoms. The number of methoxy groups -OCH3 is 2. The van der Waals surface area contributed by atoms with E-state index in [0.717, 1.165) is 7.11 Å². The number of ether oxygens (including phenoxy) is 4. The second-order valence-electron chi connectivity index (χ2n) is 3.92. The molecular formula is C13H17NO7. The summed E-state index contributed by atoms with van der Waals surface area (Å²) in [6.07, 6.45) is 1.44. The molecule has 1 aromatic heterocycles. The topological polar surface area (TPSA) is 104 Å². The molecule has 0 aliphatic carbocycles. The Hall–Kier alpha value is -2.35. The molecule has 8 nitrogen and oxygen atoms in total. The van der Waals surface area contributed by atoms with Crippen molar-refractivity contribution in [2.24, 2.45) is 0 Å². The summed E-state index contributed by atoms with van der Waals surface area (Å²) in [6.45, 7) is 0.0736. The summed E-state index contributed by atoms with van der Waals surface area (Å²) >= 11 is 0. The highest BCUT2D eigenvalue weighted by Crippen LogP contribution is 2.25. The monoisotopic (exact) mass is 299 g/mol. The fraction of sp³-hybridized carbons (Fsp3) is 0.462. The summed E-state index contributed by atoms with van der Waals surface area (Å²) in [5.41, 5.74) is 0.631. The van der Waals surface area contributed by atoms with Crippen LogP contribution in [0.5, 0.6) is 11.6 Å². The Morgan fingerprint density at radius 1 is 1.14 bits per heavy atom. The molecule has 0 aromatic carbocycles. The summed E-state index contributed by atoms with van der Waals surface area (Å²) in [5, 5.41) is 8.78. The minimum atomic E-state index is -0.931. The number of rotatable bonds is 6. The number of aryl methyl sites for hydroxylation is 1. The van der Waals surface area contributed by atoms with Crippen LogP contribution in [0.3, 0.4) is 0 Å². The number of aliphatic hydroxyl groups excluding tert-OH is 1. The van der Waals surface area contributed by atoms with Crippen LogP contribution in [-0.4, -0.2) is 43.2 Å². The summed E-state index contributed by atoms with van der Waals surface area (Å²) in [6, 6.07) is 1.29.